The molecule has 0 aromatic heterocycles. The van der Waals surface area contributed by atoms with Crippen LogP contribution in [-0.4, -0.2) is 11.7 Å². The molecule has 1 fully saturated rings. The van der Waals surface area contributed by atoms with Crippen LogP contribution in [0.15, 0.2) is 24.3 Å². The van der Waals surface area contributed by atoms with Gasteiger partial charge in [0.1, 0.15) is 5.75 Å². The molecule has 1 unspecified atom stereocenters. The highest BCUT2D eigenvalue weighted by molar-refractivity contribution is 5.29. The van der Waals surface area contributed by atoms with E-state index in [0.29, 0.717) is 11.7 Å². The van der Waals surface area contributed by atoms with Gasteiger partial charge < -0.3 is 10.8 Å². The maximum atomic E-state index is 9.29. The molecule has 88 valence electrons. The number of aromatic hydroxyl groups is 1. The summed E-state index contributed by atoms with van der Waals surface area (Å²) >= 11 is 0. The maximum Gasteiger partial charge on any atom is 0.115 e. The minimum atomic E-state index is 0.336. The van der Waals surface area contributed by atoms with Crippen LogP contribution in [0.3, 0.4) is 0 Å². The van der Waals surface area contributed by atoms with E-state index >= 15 is 0 Å². The monoisotopic (exact) mass is 219 g/mol. The highest BCUT2D eigenvalue weighted by atomic mass is 16.3. The van der Waals surface area contributed by atoms with Gasteiger partial charge in [-0.2, -0.15) is 0 Å². The summed E-state index contributed by atoms with van der Waals surface area (Å²) in [4.78, 5) is 0. The molecule has 1 aliphatic rings. The molecule has 3 N–H and O–H groups in total. The lowest BCUT2D eigenvalue weighted by Crippen LogP contribution is -2.23. The summed E-state index contributed by atoms with van der Waals surface area (Å²) in [6, 6.07) is 7.56. The number of nitrogens with two attached hydrogens (primary N) is 1. The van der Waals surface area contributed by atoms with Crippen molar-refractivity contribution in [3.8, 4) is 5.75 Å². The van der Waals surface area contributed by atoms with Crippen LogP contribution >= 0.6 is 0 Å². The molecule has 0 aliphatic heterocycles. The number of hydrogen-bond donors (Lipinski definition) is 2. The largest absolute Gasteiger partial charge is 0.508 e. The van der Waals surface area contributed by atoms with Crippen molar-refractivity contribution in [3.63, 3.8) is 0 Å². The first-order valence-corrected chi connectivity index (χ1v) is 6.30. The Balaban J connectivity index is 2.11. The first-order valence-electron chi connectivity index (χ1n) is 6.30. The van der Waals surface area contributed by atoms with E-state index in [4.69, 9.17) is 5.73 Å². The van der Waals surface area contributed by atoms with E-state index in [1.54, 1.807) is 12.1 Å². The molecule has 0 radical (unpaired) electrons. The molecular weight excluding hydrogens is 198 g/mol. The zero-order valence-electron chi connectivity index (χ0n) is 9.73. The molecule has 1 aromatic rings. The van der Waals surface area contributed by atoms with Crippen molar-refractivity contribution in [3.05, 3.63) is 29.8 Å². The molecule has 1 aromatic carbocycles. The van der Waals surface area contributed by atoms with Crippen molar-refractivity contribution in [2.75, 3.05) is 6.54 Å². The van der Waals surface area contributed by atoms with Gasteiger partial charge in [0.2, 0.25) is 0 Å². The third kappa shape index (κ3) is 2.56. The third-order valence-corrected chi connectivity index (χ3v) is 3.79. The van der Waals surface area contributed by atoms with E-state index in [1.165, 1.54) is 37.7 Å². The van der Waals surface area contributed by atoms with Crippen LogP contribution in [-0.2, 0) is 0 Å². The molecule has 0 heterocycles. The van der Waals surface area contributed by atoms with E-state index < -0.39 is 0 Å². The van der Waals surface area contributed by atoms with Crippen LogP contribution in [0, 0.1) is 5.92 Å². The standard InChI is InChI=1S/C14H21NO/c15-10-14(11-4-2-1-3-5-11)12-6-8-13(16)9-7-12/h6-9,11,14,16H,1-5,10,15H2. The Kier molecular flexibility index (Phi) is 3.83. The van der Waals surface area contributed by atoms with E-state index in [0.717, 1.165) is 12.5 Å². The Bertz CT molecular complexity index is 314. The molecule has 0 spiro atoms. The van der Waals surface area contributed by atoms with Crippen LogP contribution in [0.2, 0.25) is 0 Å². The second-order valence-corrected chi connectivity index (χ2v) is 4.83. The topological polar surface area (TPSA) is 46.2 Å². The Morgan fingerprint density at radius 2 is 1.75 bits per heavy atom. The van der Waals surface area contributed by atoms with Crippen LogP contribution in [0.5, 0.6) is 5.75 Å². The van der Waals surface area contributed by atoms with Gasteiger partial charge in [-0.15, -0.1) is 0 Å². The van der Waals surface area contributed by atoms with Crippen molar-refractivity contribution in [1.29, 1.82) is 0 Å². The summed E-state index contributed by atoms with van der Waals surface area (Å²) in [5.74, 6) is 1.55. The summed E-state index contributed by atoms with van der Waals surface area (Å²) in [7, 11) is 0. The SMILES string of the molecule is NCC(c1ccc(O)cc1)C1CCCCC1. The van der Waals surface area contributed by atoms with Crippen molar-refractivity contribution >= 4 is 0 Å². The van der Waals surface area contributed by atoms with E-state index in [-0.39, 0.29) is 0 Å². The van der Waals surface area contributed by atoms with Crippen molar-refractivity contribution in [2.24, 2.45) is 11.7 Å². The normalized spacial score (nSPS) is 19.6. The molecule has 2 heteroatoms. The first kappa shape index (κ1) is 11.5. The summed E-state index contributed by atoms with van der Waals surface area (Å²) in [5, 5.41) is 9.29. The molecule has 0 bridgehead atoms. The lowest BCUT2D eigenvalue weighted by Gasteiger charge is -2.29. The van der Waals surface area contributed by atoms with Gasteiger partial charge in [-0.1, -0.05) is 31.4 Å². The number of phenols is 1. The summed E-state index contributed by atoms with van der Waals surface area (Å²) < 4.78 is 0. The van der Waals surface area contributed by atoms with Gasteiger partial charge in [-0.3, -0.25) is 0 Å². The average molecular weight is 219 g/mol. The average Bonchev–Trinajstić information content (AvgIpc) is 2.34. The van der Waals surface area contributed by atoms with Crippen LogP contribution in [0.4, 0.5) is 0 Å². The van der Waals surface area contributed by atoms with Gasteiger partial charge in [0, 0.05) is 0 Å². The second-order valence-electron chi connectivity index (χ2n) is 4.83. The van der Waals surface area contributed by atoms with Gasteiger partial charge in [0.25, 0.3) is 0 Å². The quantitative estimate of drug-likeness (QED) is 0.821. The van der Waals surface area contributed by atoms with Gasteiger partial charge >= 0.3 is 0 Å². The zero-order valence-corrected chi connectivity index (χ0v) is 9.73. The molecule has 0 saturated heterocycles. The van der Waals surface area contributed by atoms with Crippen molar-refractivity contribution in [2.45, 2.75) is 38.0 Å². The van der Waals surface area contributed by atoms with Crippen LogP contribution in [0.1, 0.15) is 43.6 Å². The Labute approximate surface area is 97.5 Å². The molecule has 0 amide bonds. The predicted molar refractivity (Wildman–Crippen MR) is 66.5 cm³/mol. The van der Waals surface area contributed by atoms with Gasteiger partial charge in [0.15, 0.2) is 0 Å². The zero-order chi connectivity index (χ0) is 11.4. The fourth-order valence-electron chi connectivity index (χ4n) is 2.86. The van der Waals surface area contributed by atoms with E-state index in [1.807, 2.05) is 12.1 Å². The first-order chi connectivity index (χ1) is 7.81. The summed E-state index contributed by atoms with van der Waals surface area (Å²) in [6.07, 6.45) is 6.69. The Morgan fingerprint density at radius 3 is 2.31 bits per heavy atom. The fourth-order valence-corrected chi connectivity index (χ4v) is 2.86. The second kappa shape index (κ2) is 5.35. The van der Waals surface area contributed by atoms with Crippen LogP contribution in [0.25, 0.3) is 0 Å². The summed E-state index contributed by atoms with van der Waals surface area (Å²) in [6.45, 7) is 0.718. The lowest BCUT2D eigenvalue weighted by atomic mass is 9.77. The van der Waals surface area contributed by atoms with Gasteiger partial charge in [-0.05, 0) is 48.9 Å². The smallest absolute Gasteiger partial charge is 0.115 e. The molecule has 16 heavy (non-hydrogen) atoms. The molecule has 1 saturated carbocycles. The molecule has 2 nitrogen and oxygen atoms in total. The van der Waals surface area contributed by atoms with Crippen LogP contribution < -0.4 is 5.73 Å². The van der Waals surface area contributed by atoms with Crippen molar-refractivity contribution in [1.82, 2.24) is 0 Å². The highest BCUT2D eigenvalue weighted by Crippen LogP contribution is 2.35. The Morgan fingerprint density at radius 1 is 1.12 bits per heavy atom. The van der Waals surface area contributed by atoms with Crippen molar-refractivity contribution < 1.29 is 5.11 Å². The minimum Gasteiger partial charge on any atom is -0.508 e. The van der Waals surface area contributed by atoms with E-state index in [9.17, 15) is 5.11 Å². The predicted octanol–water partition coefficient (Wildman–Crippen LogP) is 3.01. The van der Waals surface area contributed by atoms with Gasteiger partial charge in [-0.25, -0.2) is 0 Å². The molecule has 1 aliphatic carbocycles. The molecular formula is C14H21NO. The minimum absolute atomic E-state index is 0.336. The number of rotatable bonds is 3. The van der Waals surface area contributed by atoms with E-state index in [2.05, 4.69) is 0 Å². The van der Waals surface area contributed by atoms with Gasteiger partial charge in [0.05, 0.1) is 0 Å². The molecule has 1 atom stereocenters. The third-order valence-electron chi connectivity index (χ3n) is 3.79. The fraction of sp³-hybridized carbons (Fsp3) is 0.571. The lowest BCUT2D eigenvalue weighted by molar-refractivity contribution is 0.307. The maximum absolute atomic E-state index is 9.29. The number of hydrogen-bond acceptors (Lipinski definition) is 2. The highest BCUT2D eigenvalue weighted by Gasteiger charge is 2.23. The number of benzene rings is 1. The summed E-state index contributed by atoms with van der Waals surface area (Å²) in [5.41, 5.74) is 7.20. The number of phenolic OH excluding ortho intramolecular Hbond substituents is 1. The Hall–Kier alpha value is -1.02. The molecule has 2 rings (SSSR count).